The smallest absolute Gasteiger partial charge is 0.324 e. The minimum Gasteiger partial charge on any atom is -0.491 e. The number of hydrogen-bond acceptors (Lipinski definition) is 6. The summed E-state index contributed by atoms with van der Waals surface area (Å²) in [5.41, 5.74) is 1.83. The summed E-state index contributed by atoms with van der Waals surface area (Å²) < 4.78 is 6.82. The Labute approximate surface area is 228 Å². The second-order valence-electron chi connectivity index (χ2n) is 7.93. The molecule has 0 aliphatic rings. The summed E-state index contributed by atoms with van der Waals surface area (Å²) in [5, 5.41) is 20.5. The van der Waals surface area contributed by atoms with E-state index in [0.717, 1.165) is 10.0 Å². The molecule has 11 heteroatoms. The molecule has 0 radical (unpaired) electrons. The summed E-state index contributed by atoms with van der Waals surface area (Å²) in [7, 11) is 1.76. The Morgan fingerprint density at radius 3 is 2.59 bits per heavy atom. The van der Waals surface area contributed by atoms with Crippen molar-refractivity contribution in [1.82, 2.24) is 15.6 Å². The Kier molecular flexibility index (Phi) is 10.7. The quantitative estimate of drug-likeness (QED) is 0.241. The molecule has 3 aromatic rings. The molecule has 1 heterocycles. The molecule has 4 N–H and O–H groups in total. The average molecular weight is 586 g/mol. The standard InChI is InChI=1S/C26H26BrClN6O3/c1-30-22(13-17-3-6-19(27)7-4-17)25(35)31-11-2-12-37-23-9-8-20(28)14-21(23)33-26(36)34-24-10-5-18(15-29)16-32-24/h3-10,14,16,22,30H,2,11-13H2,1H3,(H,31,35)(H2,32,33,34,36). The number of urea groups is 1. The van der Waals surface area contributed by atoms with E-state index in [1.54, 1.807) is 31.3 Å². The molecule has 192 valence electrons. The predicted octanol–water partition coefficient (Wildman–Crippen LogP) is 4.73. The van der Waals surface area contributed by atoms with E-state index in [0.29, 0.717) is 48.0 Å². The largest absolute Gasteiger partial charge is 0.491 e. The normalized spacial score (nSPS) is 11.2. The van der Waals surface area contributed by atoms with Crippen molar-refractivity contribution in [2.45, 2.75) is 18.9 Å². The van der Waals surface area contributed by atoms with Crippen LogP contribution in [0.4, 0.5) is 16.3 Å². The van der Waals surface area contributed by atoms with Gasteiger partial charge in [-0.05, 0) is 67.9 Å². The number of benzene rings is 2. The van der Waals surface area contributed by atoms with Gasteiger partial charge in [0.15, 0.2) is 0 Å². The molecule has 1 aromatic heterocycles. The highest BCUT2D eigenvalue weighted by molar-refractivity contribution is 9.10. The van der Waals surface area contributed by atoms with Crippen molar-refractivity contribution in [2.75, 3.05) is 30.8 Å². The van der Waals surface area contributed by atoms with E-state index in [-0.39, 0.29) is 17.8 Å². The number of nitrogens with one attached hydrogen (secondary N) is 4. The van der Waals surface area contributed by atoms with Crippen molar-refractivity contribution in [3.8, 4) is 11.8 Å². The van der Waals surface area contributed by atoms with Gasteiger partial charge in [-0.15, -0.1) is 0 Å². The molecule has 0 spiro atoms. The molecule has 0 fully saturated rings. The van der Waals surface area contributed by atoms with Gasteiger partial charge in [0.1, 0.15) is 17.6 Å². The van der Waals surface area contributed by atoms with Crippen molar-refractivity contribution in [3.63, 3.8) is 0 Å². The number of hydrogen-bond donors (Lipinski definition) is 4. The number of ether oxygens (including phenoxy) is 1. The van der Waals surface area contributed by atoms with Crippen LogP contribution in [0.25, 0.3) is 0 Å². The van der Waals surface area contributed by atoms with Gasteiger partial charge in [0.2, 0.25) is 5.91 Å². The van der Waals surface area contributed by atoms with Crippen molar-refractivity contribution in [2.24, 2.45) is 0 Å². The molecular weight excluding hydrogens is 560 g/mol. The fourth-order valence-corrected chi connectivity index (χ4v) is 3.74. The first-order chi connectivity index (χ1) is 17.9. The number of aromatic nitrogens is 1. The van der Waals surface area contributed by atoms with Crippen LogP contribution in [0.2, 0.25) is 5.02 Å². The zero-order valence-electron chi connectivity index (χ0n) is 20.1. The van der Waals surface area contributed by atoms with Crippen molar-refractivity contribution in [1.29, 1.82) is 5.26 Å². The fourth-order valence-electron chi connectivity index (χ4n) is 3.30. The van der Waals surface area contributed by atoms with Crippen molar-refractivity contribution >= 4 is 51.0 Å². The first-order valence-corrected chi connectivity index (χ1v) is 12.6. The third kappa shape index (κ3) is 9.06. The number of carbonyl (C=O) groups excluding carboxylic acids is 2. The number of halogens is 2. The number of nitriles is 1. The molecule has 1 unspecified atom stereocenters. The molecular formula is C26H26BrClN6O3. The zero-order chi connectivity index (χ0) is 26.6. The number of pyridine rings is 1. The monoisotopic (exact) mass is 584 g/mol. The average Bonchev–Trinajstić information content (AvgIpc) is 2.89. The van der Waals surface area contributed by atoms with Gasteiger partial charge in [0.05, 0.1) is 23.9 Å². The van der Waals surface area contributed by atoms with Crippen LogP contribution < -0.4 is 26.0 Å². The number of likely N-dealkylation sites (N-methyl/N-ethyl adjacent to an activating group) is 1. The third-order valence-corrected chi connectivity index (χ3v) is 5.98. The second kappa shape index (κ2) is 14.2. The van der Waals surface area contributed by atoms with E-state index < -0.39 is 6.03 Å². The molecule has 3 amide bonds. The maximum absolute atomic E-state index is 12.6. The number of nitrogens with zero attached hydrogens (tertiary/aromatic N) is 2. The highest BCUT2D eigenvalue weighted by Gasteiger charge is 2.16. The lowest BCUT2D eigenvalue weighted by atomic mass is 10.1. The molecule has 3 rings (SSSR count). The lowest BCUT2D eigenvalue weighted by Gasteiger charge is -2.17. The zero-order valence-corrected chi connectivity index (χ0v) is 22.4. The number of anilines is 2. The number of rotatable bonds is 11. The summed E-state index contributed by atoms with van der Waals surface area (Å²) in [6.45, 7) is 0.741. The van der Waals surface area contributed by atoms with Gasteiger partial charge in [-0.25, -0.2) is 9.78 Å². The molecule has 37 heavy (non-hydrogen) atoms. The highest BCUT2D eigenvalue weighted by Crippen LogP contribution is 2.28. The van der Waals surface area contributed by atoms with Crippen LogP contribution in [0, 0.1) is 11.3 Å². The Balaban J connectivity index is 1.46. The summed E-state index contributed by atoms with van der Waals surface area (Å²) in [4.78, 5) is 29.0. The minimum atomic E-state index is -0.541. The van der Waals surface area contributed by atoms with Crippen LogP contribution in [-0.2, 0) is 11.2 Å². The van der Waals surface area contributed by atoms with E-state index in [1.165, 1.54) is 12.3 Å². The van der Waals surface area contributed by atoms with Crippen molar-refractivity contribution in [3.05, 3.63) is 81.4 Å². The van der Waals surface area contributed by atoms with Crippen LogP contribution in [-0.4, -0.2) is 43.2 Å². The maximum Gasteiger partial charge on any atom is 0.324 e. The van der Waals surface area contributed by atoms with Crippen LogP contribution in [0.15, 0.2) is 65.3 Å². The Morgan fingerprint density at radius 1 is 1.14 bits per heavy atom. The van der Waals surface area contributed by atoms with E-state index >= 15 is 0 Å². The van der Waals surface area contributed by atoms with Crippen LogP contribution in [0.5, 0.6) is 5.75 Å². The Morgan fingerprint density at radius 2 is 1.92 bits per heavy atom. The first kappa shape index (κ1) is 27.9. The molecule has 0 bridgehead atoms. The molecule has 0 saturated heterocycles. The first-order valence-electron chi connectivity index (χ1n) is 11.4. The van der Waals surface area contributed by atoms with Gasteiger partial charge in [-0.2, -0.15) is 5.26 Å². The Bertz CT molecular complexity index is 1250. The topological polar surface area (TPSA) is 128 Å². The van der Waals surface area contributed by atoms with Crippen LogP contribution >= 0.6 is 27.5 Å². The van der Waals surface area contributed by atoms with Crippen LogP contribution in [0.3, 0.4) is 0 Å². The summed E-state index contributed by atoms with van der Waals surface area (Å²) in [5.74, 6) is 0.631. The van der Waals surface area contributed by atoms with Gasteiger partial charge in [-0.1, -0.05) is 39.7 Å². The SMILES string of the molecule is CNC(Cc1ccc(Br)cc1)C(=O)NCCCOc1ccc(Cl)cc1NC(=O)Nc1ccc(C#N)cn1. The molecule has 1 atom stereocenters. The molecule has 0 saturated carbocycles. The summed E-state index contributed by atoms with van der Waals surface area (Å²) in [6, 6.07) is 16.9. The molecule has 2 aromatic carbocycles. The van der Waals surface area contributed by atoms with Crippen LogP contribution in [0.1, 0.15) is 17.5 Å². The molecule has 0 aliphatic carbocycles. The number of carbonyl (C=O) groups is 2. The Hall–Kier alpha value is -3.65. The minimum absolute atomic E-state index is 0.0904. The lowest BCUT2D eigenvalue weighted by molar-refractivity contribution is -0.123. The summed E-state index contributed by atoms with van der Waals surface area (Å²) in [6.07, 6.45) is 2.50. The van der Waals surface area contributed by atoms with Gasteiger partial charge < -0.3 is 20.7 Å². The molecule has 9 nitrogen and oxygen atoms in total. The van der Waals surface area contributed by atoms with Gasteiger partial charge >= 0.3 is 6.03 Å². The van der Waals surface area contributed by atoms with E-state index in [2.05, 4.69) is 42.2 Å². The van der Waals surface area contributed by atoms with Crippen molar-refractivity contribution < 1.29 is 14.3 Å². The van der Waals surface area contributed by atoms with Gasteiger partial charge in [0, 0.05) is 22.2 Å². The summed E-state index contributed by atoms with van der Waals surface area (Å²) >= 11 is 9.51. The van der Waals surface area contributed by atoms with E-state index in [9.17, 15) is 9.59 Å². The molecule has 0 aliphatic heterocycles. The lowest BCUT2D eigenvalue weighted by Crippen LogP contribution is -2.44. The third-order valence-electron chi connectivity index (χ3n) is 5.22. The van der Waals surface area contributed by atoms with Gasteiger partial charge in [0.25, 0.3) is 0 Å². The maximum atomic E-state index is 12.6. The van der Waals surface area contributed by atoms with E-state index in [1.807, 2.05) is 30.3 Å². The highest BCUT2D eigenvalue weighted by atomic mass is 79.9. The van der Waals surface area contributed by atoms with Gasteiger partial charge in [-0.3, -0.25) is 10.1 Å². The van der Waals surface area contributed by atoms with E-state index in [4.69, 9.17) is 21.6 Å². The predicted molar refractivity (Wildman–Crippen MR) is 147 cm³/mol. The second-order valence-corrected chi connectivity index (χ2v) is 9.28. The fraction of sp³-hybridized carbons (Fsp3) is 0.231. The number of amides is 3.